The fraction of sp³-hybridized carbons (Fsp3) is 1.00. The smallest absolute Gasteiger partial charge is 0.0697 e. The van der Waals surface area contributed by atoms with Crippen molar-refractivity contribution in [2.24, 2.45) is 22.7 Å². The third kappa shape index (κ3) is 5.47. The molecule has 2 aliphatic carbocycles. The highest BCUT2D eigenvalue weighted by molar-refractivity contribution is 5.01. The number of ether oxygens (including phenoxy) is 1. The van der Waals surface area contributed by atoms with Crippen molar-refractivity contribution >= 4 is 0 Å². The Balaban J connectivity index is 2.33. The summed E-state index contributed by atoms with van der Waals surface area (Å²) >= 11 is 0. The van der Waals surface area contributed by atoms with Gasteiger partial charge in [-0.3, -0.25) is 0 Å². The molecule has 1 heteroatoms. The Morgan fingerprint density at radius 3 is 1.32 bits per heavy atom. The van der Waals surface area contributed by atoms with Crippen LogP contribution < -0.4 is 0 Å². The summed E-state index contributed by atoms with van der Waals surface area (Å²) in [6.45, 7) is 19.5. The average Bonchev–Trinajstić information content (AvgIpc) is 2.32. The van der Waals surface area contributed by atoms with E-state index in [1.807, 2.05) is 0 Å². The van der Waals surface area contributed by atoms with E-state index in [9.17, 15) is 0 Å². The maximum atomic E-state index is 7.40. The molecule has 1 nitrogen and oxygen atoms in total. The zero-order valence-corrected chi connectivity index (χ0v) is 18.6. The van der Waals surface area contributed by atoms with E-state index in [0.29, 0.717) is 10.8 Å². The van der Waals surface area contributed by atoms with Crippen molar-refractivity contribution in [1.29, 1.82) is 0 Å². The van der Waals surface area contributed by atoms with Gasteiger partial charge in [0.2, 0.25) is 0 Å². The van der Waals surface area contributed by atoms with E-state index < -0.39 is 0 Å². The van der Waals surface area contributed by atoms with E-state index in [1.54, 1.807) is 0 Å². The Bertz CT molecular complexity index is 397. The van der Waals surface area contributed by atoms with Gasteiger partial charge in [-0.25, -0.2) is 0 Å². The van der Waals surface area contributed by atoms with Crippen LogP contribution >= 0.6 is 0 Å². The first-order chi connectivity index (χ1) is 11.4. The third-order valence-electron chi connectivity index (χ3n) is 6.69. The molecule has 0 N–H and O–H groups in total. The van der Waals surface area contributed by atoms with Gasteiger partial charge in [0.1, 0.15) is 0 Å². The van der Waals surface area contributed by atoms with Crippen LogP contribution in [0.1, 0.15) is 120 Å². The lowest BCUT2D eigenvalue weighted by Crippen LogP contribution is -2.54. The zero-order valence-electron chi connectivity index (χ0n) is 18.6. The molecular weight excluding hydrogens is 304 g/mol. The van der Waals surface area contributed by atoms with E-state index in [-0.39, 0.29) is 11.2 Å². The first-order valence-electron chi connectivity index (χ1n) is 11.1. The van der Waals surface area contributed by atoms with Crippen molar-refractivity contribution in [3.63, 3.8) is 0 Å². The van der Waals surface area contributed by atoms with Crippen molar-refractivity contribution in [2.45, 2.75) is 131 Å². The van der Waals surface area contributed by atoms with Gasteiger partial charge in [0.05, 0.1) is 11.2 Å². The second-order valence-corrected chi connectivity index (χ2v) is 11.7. The normalized spacial score (nSPS) is 40.8. The zero-order chi connectivity index (χ0) is 18.9. The van der Waals surface area contributed by atoms with Gasteiger partial charge in [0.25, 0.3) is 0 Å². The molecule has 4 atom stereocenters. The molecule has 2 aliphatic rings. The minimum Gasteiger partial charge on any atom is -0.368 e. The van der Waals surface area contributed by atoms with E-state index in [2.05, 4.69) is 55.4 Å². The van der Waals surface area contributed by atoms with Crippen molar-refractivity contribution in [1.82, 2.24) is 0 Å². The van der Waals surface area contributed by atoms with Crippen LogP contribution in [0.15, 0.2) is 0 Å². The summed E-state index contributed by atoms with van der Waals surface area (Å²) in [7, 11) is 0. The van der Waals surface area contributed by atoms with Crippen molar-refractivity contribution in [3.8, 4) is 0 Å². The highest BCUT2D eigenvalue weighted by Crippen LogP contribution is 2.54. The van der Waals surface area contributed by atoms with Crippen LogP contribution in [0.4, 0.5) is 0 Å². The van der Waals surface area contributed by atoms with Crippen molar-refractivity contribution in [2.75, 3.05) is 0 Å². The topological polar surface area (TPSA) is 9.23 Å². The van der Waals surface area contributed by atoms with Crippen LogP contribution in [0.25, 0.3) is 0 Å². The Morgan fingerprint density at radius 2 is 1.04 bits per heavy atom. The van der Waals surface area contributed by atoms with E-state index in [1.165, 1.54) is 64.2 Å². The molecule has 0 radical (unpaired) electrons. The standard InChI is InChI=1S/C24H46O/c1-9-11-23(15-19(3)13-21(5,6)17-23)25-24(12-10-2)16-20(4)14-22(7,8)18-24/h19-20H,9-18H2,1-8H3. The molecule has 148 valence electrons. The number of hydrogen-bond donors (Lipinski definition) is 0. The molecule has 0 spiro atoms. The number of hydrogen-bond acceptors (Lipinski definition) is 1. The van der Waals surface area contributed by atoms with Crippen molar-refractivity contribution in [3.05, 3.63) is 0 Å². The van der Waals surface area contributed by atoms with Crippen LogP contribution in [-0.2, 0) is 4.74 Å². The fourth-order valence-electron chi connectivity index (χ4n) is 7.34. The van der Waals surface area contributed by atoms with E-state index >= 15 is 0 Å². The highest BCUT2D eigenvalue weighted by atomic mass is 16.5. The lowest BCUT2D eigenvalue weighted by molar-refractivity contribution is -0.226. The predicted octanol–water partition coefficient (Wildman–Crippen LogP) is 7.77. The van der Waals surface area contributed by atoms with Gasteiger partial charge in [0.15, 0.2) is 0 Å². The molecule has 2 fully saturated rings. The Kier molecular flexibility index (Phi) is 6.40. The second-order valence-electron chi connectivity index (χ2n) is 11.7. The molecular formula is C24H46O. The first-order valence-corrected chi connectivity index (χ1v) is 11.1. The molecule has 4 unspecified atom stereocenters. The predicted molar refractivity (Wildman–Crippen MR) is 110 cm³/mol. The van der Waals surface area contributed by atoms with Gasteiger partial charge in [0, 0.05) is 0 Å². The third-order valence-corrected chi connectivity index (χ3v) is 6.69. The molecule has 0 heterocycles. The lowest BCUT2D eigenvalue weighted by atomic mass is 9.62. The molecule has 0 amide bonds. The SMILES string of the molecule is CCCC1(OC2(CCC)CC(C)CC(C)(C)C2)CC(C)CC(C)(C)C1. The summed E-state index contributed by atoms with van der Waals surface area (Å²) in [5, 5.41) is 0. The van der Waals surface area contributed by atoms with Gasteiger partial charge in [-0.1, -0.05) is 68.2 Å². The molecule has 2 saturated carbocycles. The molecule has 0 aliphatic heterocycles. The van der Waals surface area contributed by atoms with E-state index in [4.69, 9.17) is 4.74 Å². The van der Waals surface area contributed by atoms with Crippen LogP contribution in [0.3, 0.4) is 0 Å². The van der Waals surface area contributed by atoms with Crippen LogP contribution in [0, 0.1) is 22.7 Å². The Labute approximate surface area is 158 Å². The summed E-state index contributed by atoms with van der Waals surface area (Å²) in [5.74, 6) is 1.56. The van der Waals surface area contributed by atoms with Crippen molar-refractivity contribution < 1.29 is 4.74 Å². The molecule has 0 aromatic heterocycles. The largest absolute Gasteiger partial charge is 0.368 e. The lowest BCUT2D eigenvalue weighted by Gasteiger charge is -2.56. The summed E-state index contributed by atoms with van der Waals surface area (Å²) in [6.07, 6.45) is 12.7. The summed E-state index contributed by atoms with van der Waals surface area (Å²) in [4.78, 5) is 0. The molecule has 0 aromatic carbocycles. The summed E-state index contributed by atoms with van der Waals surface area (Å²) in [5.41, 5.74) is 1.04. The monoisotopic (exact) mass is 350 g/mol. The average molecular weight is 351 g/mol. The molecule has 0 aromatic rings. The second kappa shape index (κ2) is 7.53. The van der Waals surface area contributed by atoms with Gasteiger partial charge in [-0.05, 0) is 74.0 Å². The Morgan fingerprint density at radius 1 is 0.680 bits per heavy atom. The van der Waals surface area contributed by atoms with Gasteiger partial charge in [-0.2, -0.15) is 0 Å². The van der Waals surface area contributed by atoms with Crippen LogP contribution in [0.2, 0.25) is 0 Å². The molecule has 0 saturated heterocycles. The van der Waals surface area contributed by atoms with Gasteiger partial charge < -0.3 is 4.74 Å². The maximum Gasteiger partial charge on any atom is 0.0697 e. The van der Waals surface area contributed by atoms with Crippen LogP contribution in [0.5, 0.6) is 0 Å². The van der Waals surface area contributed by atoms with E-state index in [0.717, 1.165) is 11.8 Å². The number of rotatable bonds is 6. The molecule has 0 bridgehead atoms. The van der Waals surface area contributed by atoms with Gasteiger partial charge in [-0.15, -0.1) is 0 Å². The highest BCUT2D eigenvalue weighted by Gasteiger charge is 2.51. The Hall–Kier alpha value is -0.0400. The first kappa shape index (κ1) is 21.3. The quantitative estimate of drug-likeness (QED) is 0.475. The molecule has 2 rings (SSSR count). The minimum atomic E-state index is 0.109. The fourth-order valence-corrected chi connectivity index (χ4v) is 7.34. The maximum absolute atomic E-state index is 7.40. The summed E-state index contributed by atoms with van der Waals surface area (Å²) < 4.78 is 7.40. The summed E-state index contributed by atoms with van der Waals surface area (Å²) in [6, 6.07) is 0. The molecule has 25 heavy (non-hydrogen) atoms. The van der Waals surface area contributed by atoms with Gasteiger partial charge >= 0.3 is 0 Å². The minimum absolute atomic E-state index is 0.109. The van der Waals surface area contributed by atoms with Crippen LogP contribution in [-0.4, -0.2) is 11.2 Å².